The fourth-order valence-electron chi connectivity index (χ4n) is 1.88. The third kappa shape index (κ3) is 6.55. The quantitative estimate of drug-likeness (QED) is 0.281. The maximum absolute atomic E-state index is 12.5. The second kappa shape index (κ2) is 10.9. The van der Waals surface area contributed by atoms with Crippen LogP contribution in [0.15, 0.2) is 28.4 Å². The highest BCUT2D eigenvalue weighted by molar-refractivity contribution is 5.95. The zero-order chi connectivity index (χ0) is 17.8. The Hall–Kier alpha value is -2.77. The molecule has 1 aromatic rings. The summed E-state index contributed by atoms with van der Waals surface area (Å²) in [6.07, 6.45) is 0. The number of rotatable bonds is 10. The number of benzene rings is 1. The van der Waals surface area contributed by atoms with E-state index in [4.69, 9.17) is 20.5 Å². The van der Waals surface area contributed by atoms with Crippen LogP contribution in [0.4, 0.5) is 5.69 Å². The van der Waals surface area contributed by atoms with Crippen molar-refractivity contribution in [2.75, 3.05) is 40.5 Å². The summed E-state index contributed by atoms with van der Waals surface area (Å²) in [5.41, 5.74) is 18.2. The number of amides is 1. The molecule has 0 heterocycles. The van der Waals surface area contributed by atoms with Crippen LogP contribution >= 0.6 is 0 Å². The van der Waals surface area contributed by atoms with E-state index in [2.05, 4.69) is 20.1 Å². The van der Waals surface area contributed by atoms with Gasteiger partial charge in [-0.3, -0.25) is 4.79 Å². The number of methoxy groups -OCH3 is 1. The monoisotopic (exact) mass is 333 g/mol. The Bertz CT molecular complexity index is 652. The van der Waals surface area contributed by atoms with E-state index in [9.17, 15) is 4.79 Å². The lowest BCUT2D eigenvalue weighted by molar-refractivity contribution is 0.0531. The Labute approximate surface area is 139 Å². The number of hydrogen-bond donors (Lipinski definition) is 0. The maximum Gasteiger partial charge on any atom is 0.253 e. The van der Waals surface area contributed by atoms with Gasteiger partial charge in [0.1, 0.15) is 0 Å². The Morgan fingerprint density at radius 3 is 2.67 bits per heavy atom. The van der Waals surface area contributed by atoms with E-state index in [0.29, 0.717) is 37.5 Å². The Morgan fingerprint density at radius 1 is 1.21 bits per heavy atom. The van der Waals surface area contributed by atoms with Crippen molar-refractivity contribution in [2.24, 2.45) is 10.2 Å². The van der Waals surface area contributed by atoms with Crippen LogP contribution in [0.25, 0.3) is 20.9 Å². The van der Waals surface area contributed by atoms with Gasteiger partial charge in [0.05, 0.1) is 26.4 Å². The van der Waals surface area contributed by atoms with Gasteiger partial charge in [0.25, 0.3) is 5.91 Å². The maximum atomic E-state index is 12.5. The van der Waals surface area contributed by atoms with E-state index < -0.39 is 0 Å². The summed E-state index contributed by atoms with van der Waals surface area (Å²) in [6.45, 7) is 1.80. The summed E-state index contributed by atoms with van der Waals surface area (Å²) < 4.78 is 10.2. The van der Waals surface area contributed by atoms with Crippen molar-refractivity contribution in [3.63, 3.8) is 0 Å². The van der Waals surface area contributed by atoms with Gasteiger partial charge in [0, 0.05) is 41.8 Å². The van der Waals surface area contributed by atoms with Crippen molar-refractivity contribution in [2.45, 2.75) is 6.54 Å². The molecule has 10 heteroatoms. The van der Waals surface area contributed by atoms with E-state index in [-0.39, 0.29) is 18.1 Å². The van der Waals surface area contributed by atoms with Crippen molar-refractivity contribution < 1.29 is 14.3 Å². The highest BCUT2D eigenvalue weighted by atomic mass is 16.5. The highest BCUT2D eigenvalue weighted by Crippen LogP contribution is 2.20. The smallest absolute Gasteiger partial charge is 0.253 e. The molecule has 0 spiro atoms. The molecule has 0 bridgehead atoms. The lowest BCUT2D eigenvalue weighted by Crippen LogP contribution is -2.30. The summed E-state index contributed by atoms with van der Waals surface area (Å²) in [7, 11) is 3.24. The standard InChI is InChI=1S/C14H19N7O3/c1-21(3-4-24-6-5-23-2)14(22)12-7-11(10-17-19-15)8-13(9-12)18-20-16/h7-9H,3-6,10H2,1-2H3. The molecule has 1 amide bonds. The van der Waals surface area contributed by atoms with Gasteiger partial charge in [0.15, 0.2) is 0 Å². The SMILES string of the molecule is COCCOCCN(C)C(=O)c1cc(CN=[N+]=[N-])cc(N=[N+]=[N-])c1. The Kier molecular flexibility index (Phi) is 8.73. The van der Waals surface area contributed by atoms with E-state index in [1.807, 2.05) is 0 Å². The van der Waals surface area contributed by atoms with Crippen molar-refractivity contribution in [1.29, 1.82) is 0 Å². The van der Waals surface area contributed by atoms with Crippen LogP contribution in [0.2, 0.25) is 0 Å². The van der Waals surface area contributed by atoms with Gasteiger partial charge in [-0.05, 0) is 34.8 Å². The summed E-state index contributed by atoms with van der Waals surface area (Å²) in [6, 6.07) is 4.67. The van der Waals surface area contributed by atoms with Gasteiger partial charge in [-0.15, -0.1) is 0 Å². The van der Waals surface area contributed by atoms with Gasteiger partial charge in [-0.2, -0.15) is 0 Å². The topological polar surface area (TPSA) is 136 Å². The highest BCUT2D eigenvalue weighted by Gasteiger charge is 2.13. The largest absolute Gasteiger partial charge is 0.382 e. The number of nitrogens with zero attached hydrogens (tertiary/aromatic N) is 7. The number of carbonyl (C=O) groups excluding carboxylic acids is 1. The van der Waals surface area contributed by atoms with Crippen LogP contribution in [-0.2, 0) is 16.0 Å². The molecular formula is C14H19N7O3. The predicted octanol–water partition coefficient (Wildman–Crippen LogP) is 3.17. The molecule has 10 nitrogen and oxygen atoms in total. The van der Waals surface area contributed by atoms with Crippen molar-refractivity contribution in [3.05, 3.63) is 50.2 Å². The van der Waals surface area contributed by atoms with Crippen LogP contribution in [0, 0.1) is 0 Å². The molecule has 0 fully saturated rings. The number of azide groups is 2. The molecule has 1 aromatic carbocycles. The zero-order valence-electron chi connectivity index (χ0n) is 13.6. The van der Waals surface area contributed by atoms with Gasteiger partial charge >= 0.3 is 0 Å². The fourth-order valence-corrected chi connectivity index (χ4v) is 1.88. The molecule has 0 N–H and O–H groups in total. The van der Waals surface area contributed by atoms with Gasteiger partial charge < -0.3 is 14.4 Å². The van der Waals surface area contributed by atoms with Crippen LogP contribution in [0.5, 0.6) is 0 Å². The number of likely N-dealkylation sites (N-methyl/N-ethyl adjacent to an activating group) is 1. The fraction of sp³-hybridized carbons (Fsp3) is 0.500. The van der Waals surface area contributed by atoms with Crippen molar-refractivity contribution >= 4 is 11.6 Å². The molecule has 0 saturated heterocycles. The third-order valence-electron chi connectivity index (χ3n) is 3.05. The molecule has 128 valence electrons. The van der Waals surface area contributed by atoms with E-state index in [0.717, 1.165) is 0 Å². The average molecular weight is 333 g/mol. The van der Waals surface area contributed by atoms with E-state index >= 15 is 0 Å². The number of hydrogen-bond acceptors (Lipinski definition) is 5. The lowest BCUT2D eigenvalue weighted by atomic mass is 10.1. The number of ether oxygens (including phenoxy) is 2. The molecule has 0 aromatic heterocycles. The first kappa shape index (κ1) is 19.3. The normalized spacial score (nSPS) is 9.75. The minimum absolute atomic E-state index is 0.0649. The summed E-state index contributed by atoms with van der Waals surface area (Å²) in [5.74, 6) is -0.248. The summed E-state index contributed by atoms with van der Waals surface area (Å²) in [4.78, 5) is 19.4. The van der Waals surface area contributed by atoms with Crippen LogP contribution < -0.4 is 0 Å². The van der Waals surface area contributed by atoms with Gasteiger partial charge in [0.2, 0.25) is 0 Å². The van der Waals surface area contributed by atoms with Crippen LogP contribution in [0.3, 0.4) is 0 Å². The van der Waals surface area contributed by atoms with E-state index in [1.165, 1.54) is 11.0 Å². The molecule has 0 aliphatic heterocycles. The average Bonchev–Trinajstić information content (AvgIpc) is 2.59. The molecule has 0 aliphatic rings. The van der Waals surface area contributed by atoms with Gasteiger partial charge in [-0.25, -0.2) is 0 Å². The van der Waals surface area contributed by atoms with Gasteiger partial charge in [-0.1, -0.05) is 10.2 Å². The predicted molar refractivity (Wildman–Crippen MR) is 87.8 cm³/mol. The molecular weight excluding hydrogens is 314 g/mol. The minimum atomic E-state index is -0.248. The van der Waals surface area contributed by atoms with Crippen LogP contribution in [-0.4, -0.2) is 51.3 Å². The molecule has 0 unspecified atom stereocenters. The summed E-state index contributed by atoms with van der Waals surface area (Å²) >= 11 is 0. The Balaban J connectivity index is 2.81. The molecule has 0 aliphatic carbocycles. The molecule has 24 heavy (non-hydrogen) atoms. The minimum Gasteiger partial charge on any atom is -0.382 e. The molecule has 0 atom stereocenters. The number of carbonyl (C=O) groups is 1. The third-order valence-corrected chi connectivity index (χ3v) is 3.05. The molecule has 1 rings (SSSR count). The van der Waals surface area contributed by atoms with Crippen LogP contribution in [0.1, 0.15) is 15.9 Å². The van der Waals surface area contributed by atoms with E-state index in [1.54, 1.807) is 26.3 Å². The first-order valence-electron chi connectivity index (χ1n) is 7.14. The van der Waals surface area contributed by atoms with Crippen molar-refractivity contribution in [1.82, 2.24) is 4.90 Å². The molecule has 0 saturated carbocycles. The second-order valence-electron chi connectivity index (χ2n) is 4.80. The second-order valence-corrected chi connectivity index (χ2v) is 4.80. The first-order chi connectivity index (χ1) is 11.6. The summed E-state index contributed by atoms with van der Waals surface area (Å²) in [5, 5.41) is 6.97. The Morgan fingerprint density at radius 2 is 2.00 bits per heavy atom. The lowest BCUT2D eigenvalue weighted by Gasteiger charge is -2.18. The van der Waals surface area contributed by atoms with Crippen molar-refractivity contribution in [3.8, 4) is 0 Å². The molecule has 0 radical (unpaired) electrons. The first-order valence-corrected chi connectivity index (χ1v) is 7.14. The zero-order valence-corrected chi connectivity index (χ0v) is 13.6.